The number of benzene rings is 2. The molecule has 6 rings (SSSR count). The van der Waals surface area contributed by atoms with Crippen LogP contribution in [0.3, 0.4) is 0 Å². The van der Waals surface area contributed by atoms with Gasteiger partial charge in [0.2, 0.25) is 5.91 Å². The number of likely N-dealkylation sites (N-methyl/N-ethyl adjacent to an activating group) is 1. The van der Waals surface area contributed by atoms with E-state index in [1.165, 1.54) is 5.57 Å². The molecular weight excluding hydrogens is 660 g/mol. The Balaban J connectivity index is 1.44. The zero-order valence-corrected chi connectivity index (χ0v) is 32.6. The van der Waals surface area contributed by atoms with Gasteiger partial charge in [0, 0.05) is 29.6 Å². The molecule has 0 unspecified atom stereocenters. The number of amides is 2. The van der Waals surface area contributed by atoms with Crippen molar-refractivity contribution in [3.63, 3.8) is 0 Å². The minimum atomic E-state index is -0.915. The van der Waals surface area contributed by atoms with E-state index in [1.807, 2.05) is 44.4 Å². The number of hydrogen-bond acceptors (Lipinski definition) is 9. The quantitative estimate of drug-likeness (QED) is 0.194. The average Bonchev–Trinajstić information content (AvgIpc) is 3.46. The first-order valence-electron chi connectivity index (χ1n) is 18.6. The fourth-order valence-electron chi connectivity index (χ4n) is 8.76. The molecule has 2 bridgehead atoms. The van der Waals surface area contributed by atoms with Crippen LogP contribution in [0.4, 0.5) is 0 Å². The SMILES string of the molecule is COc1ccc(-c2cccc(CN3O[C@@H](CO)[C@H]([C@H](C)O)[C@H]3C(=O)N[C@H]3C=C4C[C@@H]([C@@H]3C)C4(C)C)c2OC)cc1C(=O)N[C@@H](CC(C)C)CN(C)C. The molecule has 4 N–H and O–H groups in total. The third-order valence-electron chi connectivity index (χ3n) is 11.5. The Morgan fingerprint density at radius 3 is 2.42 bits per heavy atom. The molecule has 3 aliphatic carbocycles. The number of carbonyl (C=O) groups is 2. The van der Waals surface area contributed by atoms with Crippen LogP contribution in [-0.2, 0) is 16.2 Å². The van der Waals surface area contributed by atoms with E-state index in [0.717, 1.165) is 29.5 Å². The molecule has 2 aromatic rings. The van der Waals surface area contributed by atoms with Gasteiger partial charge >= 0.3 is 0 Å². The Kier molecular flexibility index (Phi) is 12.4. The van der Waals surface area contributed by atoms with Gasteiger partial charge in [0.05, 0.1) is 45.1 Å². The molecule has 1 heterocycles. The van der Waals surface area contributed by atoms with Gasteiger partial charge in [0.25, 0.3) is 5.91 Å². The molecule has 1 aliphatic heterocycles. The van der Waals surface area contributed by atoms with Gasteiger partial charge in [-0.2, -0.15) is 5.06 Å². The zero-order chi connectivity index (χ0) is 38.1. The number of rotatable bonds is 15. The first-order valence-corrected chi connectivity index (χ1v) is 18.6. The molecule has 11 heteroatoms. The second kappa shape index (κ2) is 16.3. The number of hydroxylamine groups is 2. The van der Waals surface area contributed by atoms with Crippen molar-refractivity contribution in [2.45, 2.75) is 91.3 Å². The lowest BCUT2D eigenvalue weighted by atomic mass is 9.50. The number of para-hydroxylation sites is 1. The van der Waals surface area contributed by atoms with Gasteiger partial charge < -0.3 is 35.2 Å². The number of aliphatic hydroxyl groups is 2. The summed E-state index contributed by atoms with van der Waals surface area (Å²) in [4.78, 5) is 36.2. The smallest absolute Gasteiger partial charge is 0.255 e. The topological polar surface area (TPSA) is 133 Å². The van der Waals surface area contributed by atoms with Crippen molar-refractivity contribution in [2.24, 2.45) is 29.1 Å². The number of fused-ring (bicyclic) bond motifs is 2. The number of hydrogen-bond donors (Lipinski definition) is 4. The molecule has 2 fully saturated rings. The number of aliphatic hydroxyl groups excluding tert-OH is 2. The molecule has 286 valence electrons. The Labute approximate surface area is 309 Å². The van der Waals surface area contributed by atoms with E-state index >= 15 is 0 Å². The van der Waals surface area contributed by atoms with Crippen molar-refractivity contribution >= 4 is 11.8 Å². The first kappa shape index (κ1) is 39.7. The van der Waals surface area contributed by atoms with E-state index in [9.17, 15) is 19.8 Å². The Morgan fingerprint density at radius 2 is 1.85 bits per heavy atom. The van der Waals surface area contributed by atoms with Crippen molar-refractivity contribution in [1.82, 2.24) is 20.6 Å². The van der Waals surface area contributed by atoms with Crippen molar-refractivity contribution in [3.8, 4) is 22.6 Å². The average molecular weight is 721 g/mol. The first-order chi connectivity index (χ1) is 24.6. The van der Waals surface area contributed by atoms with Gasteiger partial charge in [-0.1, -0.05) is 70.5 Å². The highest BCUT2D eigenvalue weighted by molar-refractivity contribution is 5.98. The lowest BCUT2D eigenvalue weighted by Crippen LogP contribution is -2.57. The van der Waals surface area contributed by atoms with E-state index in [-0.39, 0.29) is 48.4 Å². The molecule has 1 saturated carbocycles. The van der Waals surface area contributed by atoms with E-state index in [0.29, 0.717) is 35.4 Å². The van der Waals surface area contributed by atoms with Gasteiger partial charge in [-0.3, -0.25) is 14.4 Å². The van der Waals surface area contributed by atoms with Gasteiger partial charge in [0.15, 0.2) is 0 Å². The van der Waals surface area contributed by atoms with Crippen LogP contribution in [0, 0.1) is 29.1 Å². The lowest BCUT2D eigenvalue weighted by Gasteiger charge is -2.56. The van der Waals surface area contributed by atoms with Crippen LogP contribution in [0.2, 0.25) is 0 Å². The van der Waals surface area contributed by atoms with Crippen LogP contribution in [0.25, 0.3) is 11.1 Å². The third kappa shape index (κ3) is 8.04. The van der Waals surface area contributed by atoms with E-state index in [2.05, 4.69) is 56.2 Å². The van der Waals surface area contributed by atoms with E-state index < -0.39 is 24.2 Å². The molecule has 52 heavy (non-hydrogen) atoms. The lowest BCUT2D eigenvalue weighted by molar-refractivity contribution is -0.182. The summed E-state index contributed by atoms with van der Waals surface area (Å²) in [7, 11) is 7.13. The largest absolute Gasteiger partial charge is 0.496 e. The number of nitrogens with zero attached hydrogens (tertiary/aromatic N) is 2. The van der Waals surface area contributed by atoms with Crippen molar-refractivity contribution < 1.29 is 34.1 Å². The van der Waals surface area contributed by atoms with Crippen LogP contribution in [0.15, 0.2) is 48.0 Å². The van der Waals surface area contributed by atoms with E-state index in [1.54, 1.807) is 32.3 Å². The highest BCUT2D eigenvalue weighted by Crippen LogP contribution is 2.58. The minimum absolute atomic E-state index is 0.0388. The summed E-state index contributed by atoms with van der Waals surface area (Å²) >= 11 is 0. The number of methoxy groups -OCH3 is 2. The molecule has 2 amide bonds. The summed E-state index contributed by atoms with van der Waals surface area (Å²) in [5.41, 5.74) is 4.17. The summed E-state index contributed by atoms with van der Waals surface area (Å²) < 4.78 is 11.6. The maximum Gasteiger partial charge on any atom is 0.255 e. The number of carbonyl (C=O) groups excluding carboxylic acids is 2. The standard InChI is InChI=1S/C41H60N4O7/c1-23(2)16-29(21-44(7)8)42-39(48)31-17-26(14-15-34(31)50-9)30-13-11-12-27(38(30)51-10)20-45-37(36(25(4)47)35(22-46)52-45)40(49)43-33-19-28-18-32(24(33)3)41(28,5)6/h11-15,17,19,23-25,29,32-33,35-37,46-47H,16,18,20-22H2,1-10H3,(H,42,48)(H,43,49)/t24-,25-,29-,32-,33-,35-,36-,37-/m0/s1. The maximum atomic E-state index is 14.2. The zero-order valence-electron chi connectivity index (χ0n) is 32.6. The second-order valence-electron chi connectivity index (χ2n) is 16.3. The molecule has 8 atom stereocenters. The molecule has 0 radical (unpaired) electrons. The number of allylic oxidation sites excluding steroid dienone is 1. The maximum absolute atomic E-state index is 14.2. The minimum Gasteiger partial charge on any atom is -0.496 e. The molecule has 1 saturated heterocycles. The van der Waals surface area contributed by atoms with Crippen molar-refractivity contribution in [3.05, 3.63) is 59.2 Å². The molecule has 11 nitrogen and oxygen atoms in total. The van der Waals surface area contributed by atoms with Gasteiger partial charge in [-0.15, -0.1) is 0 Å². The molecule has 2 aromatic carbocycles. The Hall–Kier alpha value is -3.48. The predicted molar refractivity (Wildman–Crippen MR) is 202 cm³/mol. The fourth-order valence-corrected chi connectivity index (χ4v) is 8.76. The second-order valence-corrected chi connectivity index (χ2v) is 16.3. The van der Waals surface area contributed by atoms with Gasteiger partial charge in [-0.05, 0) is 74.7 Å². The Morgan fingerprint density at radius 1 is 1.12 bits per heavy atom. The van der Waals surface area contributed by atoms with Crippen molar-refractivity contribution in [2.75, 3.05) is 41.5 Å². The van der Waals surface area contributed by atoms with Crippen LogP contribution in [0.1, 0.15) is 70.3 Å². The van der Waals surface area contributed by atoms with Crippen LogP contribution in [-0.4, -0.2) is 104 Å². The van der Waals surface area contributed by atoms with Crippen molar-refractivity contribution in [1.29, 1.82) is 0 Å². The number of nitrogens with one attached hydrogen (secondary N) is 2. The van der Waals surface area contributed by atoms with Crippen LogP contribution < -0.4 is 20.1 Å². The number of ether oxygens (including phenoxy) is 2. The summed E-state index contributed by atoms with van der Waals surface area (Å²) in [6.45, 7) is 13.1. The highest BCUT2D eigenvalue weighted by Gasteiger charge is 2.53. The molecule has 0 spiro atoms. The van der Waals surface area contributed by atoms with E-state index in [4.69, 9.17) is 14.3 Å². The molecule has 4 aliphatic rings. The summed E-state index contributed by atoms with van der Waals surface area (Å²) in [6, 6.07) is 10.2. The summed E-state index contributed by atoms with van der Waals surface area (Å²) in [5.74, 6) is 1.05. The van der Waals surface area contributed by atoms with Crippen LogP contribution >= 0.6 is 0 Å². The fraction of sp³-hybridized carbons (Fsp3) is 0.610. The van der Waals surface area contributed by atoms with Gasteiger partial charge in [0.1, 0.15) is 23.6 Å². The molecule has 0 aromatic heterocycles. The third-order valence-corrected chi connectivity index (χ3v) is 11.5. The molecular formula is C41H60N4O7. The Bertz CT molecular complexity index is 1610. The monoisotopic (exact) mass is 720 g/mol. The summed E-state index contributed by atoms with van der Waals surface area (Å²) in [6.07, 6.45) is 2.42. The highest BCUT2D eigenvalue weighted by atomic mass is 16.7. The predicted octanol–water partition coefficient (Wildman–Crippen LogP) is 4.66. The van der Waals surface area contributed by atoms with Gasteiger partial charge in [-0.25, -0.2) is 0 Å². The van der Waals surface area contributed by atoms with Crippen LogP contribution in [0.5, 0.6) is 11.5 Å². The summed E-state index contributed by atoms with van der Waals surface area (Å²) in [5, 5.41) is 29.3. The normalized spacial score (nSPS) is 26.4.